The number of aromatic nitrogens is 4. The molecule has 0 spiro atoms. The third kappa shape index (κ3) is 0.918. The van der Waals surface area contributed by atoms with Gasteiger partial charge in [-0.05, 0) is 12.1 Å². The van der Waals surface area contributed by atoms with Gasteiger partial charge in [-0.1, -0.05) is 5.10 Å². The van der Waals surface area contributed by atoms with Crippen LogP contribution in [0.25, 0.3) is 21.1 Å². The van der Waals surface area contributed by atoms with Gasteiger partial charge in [-0.3, -0.25) is 0 Å². The van der Waals surface area contributed by atoms with Crippen molar-refractivity contribution in [2.24, 2.45) is 0 Å². The molecule has 14 heavy (non-hydrogen) atoms. The van der Waals surface area contributed by atoms with Gasteiger partial charge in [-0.15, -0.1) is 0 Å². The highest BCUT2D eigenvalue weighted by Crippen LogP contribution is 2.28. The Bertz CT molecular complexity index is 621. The van der Waals surface area contributed by atoms with Gasteiger partial charge in [0, 0.05) is 11.6 Å². The lowest BCUT2D eigenvalue weighted by atomic mass is 10.2. The van der Waals surface area contributed by atoms with E-state index in [2.05, 4.69) is 19.6 Å². The second kappa shape index (κ2) is 2.66. The van der Waals surface area contributed by atoms with Crippen molar-refractivity contribution >= 4 is 32.1 Å². The summed E-state index contributed by atoms with van der Waals surface area (Å²) in [5.74, 6) is 0. The van der Waals surface area contributed by atoms with Crippen LogP contribution in [0.1, 0.15) is 0 Å². The zero-order chi connectivity index (χ0) is 9.54. The molecule has 0 saturated carbocycles. The molecule has 0 amide bonds. The molecule has 0 N–H and O–H groups in total. The van der Waals surface area contributed by atoms with Gasteiger partial charge in [0.25, 0.3) is 4.70 Å². The van der Waals surface area contributed by atoms with Gasteiger partial charge in [0.2, 0.25) is 0 Å². The highest BCUT2D eigenvalue weighted by atomic mass is 32.2. The first-order valence-electron chi connectivity index (χ1n) is 3.92. The molecule has 68 valence electrons. The molecule has 1 atom stereocenters. The Morgan fingerprint density at radius 1 is 1.29 bits per heavy atom. The van der Waals surface area contributed by atoms with Gasteiger partial charge in [0.15, 0.2) is 5.52 Å². The van der Waals surface area contributed by atoms with Crippen LogP contribution in [0.2, 0.25) is 0 Å². The van der Waals surface area contributed by atoms with E-state index in [0.29, 0.717) is 15.7 Å². The van der Waals surface area contributed by atoms with Crippen molar-refractivity contribution in [3.8, 4) is 0 Å². The molecule has 2 heterocycles. The summed E-state index contributed by atoms with van der Waals surface area (Å²) in [5, 5.41) is 4.65. The van der Waals surface area contributed by atoms with Crippen molar-refractivity contribution in [3.63, 3.8) is 0 Å². The maximum absolute atomic E-state index is 11.5. The molecule has 0 aliphatic carbocycles. The average molecular weight is 204 g/mol. The smallest absolute Gasteiger partial charge is 0.252 e. The first kappa shape index (κ1) is 7.72. The lowest BCUT2D eigenvalue weighted by molar-refractivity contribution is 0.591. The van der Waals surface area contributed by atoms with E-state index >= 15 is 0 Å². The molecule has 0 saturated heterocycles. The Kier molecular flexibility index (Phi) is 1.47. The van der Waals surface area contributed by atoms with Gasteiger partial charge in [-0.2, -0.15) is 0 Å². The minimum atomic E-state index is -1.40. The van der Waals surface area contributed by atoms with E-state index in [-0.39, 0.29) is 0 Å². The maximum atomic E-state index is 11.5. The van der Waals surface area contributed by atoms with Gasteiger partial charge >= 0.3 is 0 Å². The molecular weight excluding hydrogens is 200 g/mol. The molecule has 0 bridgehead atoms. The van der Waals surface area contributed by atoms with Crippen LogP contribution in [-0.2, 0) is 0 Å². The molecule has 0 aliphatic heterocycles. The maximum Gasteiger partial charge on any atom is 0.252 e. The van der Waals surface area contributed by atoms with E-state index in [9.17, 15) is 4.55 Å². The van der Waals surface area contributed by atoms with Crippen molar-refractivity contribution in [2.75, 3.05) is 0 Å². The SMILES string of the molecule is [O-][s+]1nnc2ccc3cncnc3c21. The van der Waals surface area contributed by atoms with E-state index in [0.717, 1.165) is 5.39 Å². The zero-order valence-corrected chi connectivity index (χ0v) is 7.73. The van der Waals surface area contributed by atoms with Gasteiger partial charge in [0.05, 0.1) is 15.4 Å². The van der Waals surface area contributed by atoms with Crippen molar-refractivity contribution in [2.45, 2.75) is 0 Å². The number of fused-ring (bicyclic) bond motifs is 3. The molecule has 3 rings (SSSR count). The average Bonchev–Trinajstić information content (AvgIpc) is 2.61. The molecule has 0 fully saturated rings. The Labute approximate surface area is 81.4 Å². The fourth-order valence-electron chi connectivity index (χ4n) is 1.39. The largest absolute Gasteiger partial charge is 0.567 e. The highest BCUT2D eigenvalue weighted by Gasteiger charge is 2.13. The molecule has 1 aromatic carbocycles. The van der Waals surface area contributed by atoms with Crippen LogP contribution in [0.5, 0.6) is 0 Å². The Morgan fingerprint density at radius 2 is 2.21 bits per heavy atom. The summed E-state index contributed by atoms with van der Waals surface area (Å²) in [6.07, 6.45) is 3.11. The highest BCUT2D eigenvalue weighted by molar-refractivity contribution is 7.26. The molecule has 0 radical (unpaired) electrons. The van der Waals surface area contributed by atoms with Crippen molar-refractivity contribution in [1.82, 2.24) is 19.6 Å². The van der Waals surface area contributed by atoms with Crippen molar-refractivity contribution in [3.05, 3.63) is 24.7 Å². The molecule has 6 heteroatoms. The lowest BCUT2D eigenvalue weighted by Crippen LogP contribution is -1.81. The van der Waals surface area contributed by atoms with Crippen LogP contribution in [-0.4, -0.2) is 24.1 Å². The minimum absolute atomic E-state index is 0.588. The lowest BCUT2D eigenvalue weighted by Gasteiger charge is -1.93. The first-order valence-corrected chi connectivity index (χ1v) is 5.03. The summed E-state index contributed by atoms with van der Waals surface area (Å²) in [4.78, 5) is 7.97. The fraction of sp³-hybridized carbons (Fsp3) is 0. The predicted octanol–water partition coefficient (Wildman–Crippen LogP) is 1.30. The molecule has 2 aromatic heterocycles. The van der Waals surface area contributed by atoms with Crippen LogP contribution in [0, 0.1) is 0 Å². The van der Waals surface area contributed by atoms with Crippen LogP contribution in [0.15, 0.2) is 24.7 Å². The summed E-state index contributed by atoms with van der Waals surface area (Å²) in [6.45, 7) is 0. The Balaban J connectivity index is 2.65. The summed E-state index contributed by atoms with van der Waals surface area (Å²) >= 11 is 0. The summed E-state index contributed by atoms with van der Waals surface area (Å²) in [5.41, 5.74) is 1.30. The van der Waals surface area contributed by atoms with E-state index < -0.39 is 10.9 Å². The topological polar surface area (TPSA) is 74.6 Å². The summed E-state index contributed by atoms with van der Waals surface area (Å²) < 4.78 is 15.6. The second-order valence-electron chi connectivity index (χ2n) is 2.81. The zero-order valence-electron chi connectivity index (χ0n) is 6.91. The predicted molar refractivity (Wildman–Crippen MR) is 51.3 cm³/mol. The number of rotatable bonds is 0. The first-order chi connectivity index (χ1) is 6.86. The van der Waals surface area contributed by atoms with Gasteiger partial charge in [-0.25, -0.2) is 9.97 Å². The van der Waals surface area contributed by atoms with Gasteiger partial charge < -0.3 is 4.55 Å². The normalized spacial score (nSPS) is 12.5. The number of benzene rings is 1. The minimum Gasteiger partial charge on any atom is -0.567 e. The van der Waals surface area contributed by atoms with Crippen LogP contribution in [0.4, 0.5) is 0 Å². The molecule has 0 aliphatic rings. The van der Waals surface area contributed by atoms with E-state index in [1.807, 2.05) is 6.07 Å². The third-order valence-electron chi connectivity index (χ3n) is 2.01. The Hall–Kier alpha value is -1.66. The monoisotopic (exact) mass is 204 g/mol. The summed E-state index contributed by atoms with van der Waals surface area (Å²) in [7, 11) is -1.40. The van der Waals surface area contributed by atoms with E-state index in [4.69, 9.17) is 0 Å². The van der Waals surface area contributed by atoms with Crippen LogP contribution < -0.4 is 0 Å². The molecular formula is C8H4N4OS. The molecule has 1 unspecified atom stereocenters. The fourth-order valence-corrected chi connectivity index (χ4v) is 2.26. The molecule has 5 nitrogen and oxygen atoms in total. The molecule has 3 aromatic rings. The van der Waals surface area contributed by atoms with Crippen LogP contribution in [0.3, 0.4) is 0 Å². The summed E-state index contributed by atoms with van der Waals surface area (Å²) in [6, 6.07) is 3.62. The number of hydrogen-bond donors (Lipinski definition) is 0. The number of hydrogen-bond acceptors (Lipinski definition) is 5. The van der Waals surface area contributed by atoms with Crippen molar-refractivity contribution in [1.29, 1.82) is 0 Å². The number of nitrogens with zero attached hydrogens (tertiary/aromatic N) is 4. The quantitative estimate of drug-likeness (QED) is 0.516. The Morgan fingerprint density at radius 3 is 3.14 bits per heavy atom. The van der Waals surface area contributed by atoms with E-state index in [1.54, 1.807) is 12.3 Å². The standard InChI is InChI=1S/C8H4N4OS/c13-14-8-6(11-12-14)2-1-5-3-9-4-10-7(5)8/h1-4H. The van der Waals surface area contributed by atoms with Gasteiger partial charge in [0.1, 0.15) is 11.8 Å². The second-order valence-corrected chi connectivity index (χ2v) is 3.88. The van der Waals surface area contributed by atoms with Crippen molar-refractivity contribution < 1.29 is 4.55 Å². The third-order valence-corrected chi connectivity index (χ3v) is 2.99. The van der Waals surface area contributed by atoms with E-state index in [1.165, 1.54) is 6.33 Å². The van der Waals surface area contributed by atoms with Crippen LogP contribution >= 0.6 is 10.9 Å².